The summed E-state index contributed by atoms with van der Waals surface area (Å²) in [5.41, 5.74) is 2.53. The van der Waals surface area contributed by atoms with Gasteiger partial charge in [-0.25, -0.2) is 4.79 Å². The zero-order valence-electron chi connectivity index (χ0n) is 11.1. The fourth-order valence-corrected chi connectivity index (χ4v) is 2.28. The second-order valence-corrected chi connectivity index (χ2v) is 4.58. The third-order valence-corrected chi connectivity index (χ3v) is 3.28. The topological polar surface area (TPSA) is 77.2 Å². The summed E-state index contributed by atoms with van der Waals surface area (Å²) in [5, 5.41) is 6.99. The van der Waals surface area contributed by atoms with Crippen LogP contribution in [0.5, 0.6) is 0 Å². The first-order valence-corrected chi connectivity index (χ1v) is 6.59. The Balaban J connectivity index is 1.77. The van der Waals surface area contributed by atoms with Crippen molar-refractivity contribution in [3.8, 4) is 0 Å². The number of carbonyl (C=O) groups is 1. The molecule has 1 aromatic carbocycles. The quantitative estimate of drug-likeness (QED) is 0.856. The summed E-state index contributed by atoms with van der Waals surface area (Å²) in [6.45, 7) is 2.77. The molecule has 1 aliphatic heterocycles. The van der Waals surface area contributed by atoms with Gasteiger partial charge < -0.3 is 14.6 Å². The highest BCUT2D eigenvalue weighted by Crippen LogP contribution is 2.24. The number of carbonyl (C=O) groups excluding carboxylic acids is 1. The maximum absolute atomic E-state index is 11.5. The van der Waals surface area contributed by atoms with Gasteiger partial charge in [-0.1, -0.05) is 24.3 Å². The molecule has 1 aromatic heterocycles. The number of nitrogens with one attached hydrogen (secondary N) is 1. The third-order valence-electron chi connectivity index (χ3n) is 3.28. The van der Waals surface area contributed by atoms with Gasteiger partial charge in [0.15, 0.2) is 0 Å². The lowest BCUT2D eigenvalue weighted by molar-refractivity contribution is 0.0508. The zero-order valence-corrected chi connectivity index (χ0v) is 11.1. The predicted molar refractivity (Wildman–Crippen MR) is 70.0 cm³/mol. The molecule has 0 unspecified atom stereocenters. The van der Waals surface area contributed by atoms with E-state index in [2.05, 4.69) is 27.6 Å². The van der Waals surface area contributed by atoms with Crippen LogP contribution in [0.25, 0.3) is 0 Å². The molecule has 0 saturated heterocycles. The van der Waals surface area contributed by atoms with Crippen LogP contribution < -0.4 is 5.32 Å². The lowest BCUT2D eigenvalue weighted by atomic mass is 9.96. The summed E-state index contributed by atoms with van der Waals surface area (Å²) in [5.74, 6) is -0.163. The molecule has 1 atom stereocenters. The molecular weight excluding hydrogens is 258 g/mol. The van der Waals surface area contributed by atoms with Crippen molar-refractivity contribution >= 4 is 5.97 Å². The summed E-state index contributed by atoms with van der Waals surface area (Å²) in [4.78, 5) is 15.6. The standard InChI is InChI=1S/C14H15N3O3/c1-2-19-14(18)12-16-13(20-17-12)11-7-9-5-3-4-6-10(9)8-15-11/h3-6,11,15H,2,7-8H2,1H3/t11-/m1/s1. The molecule has 0 spiro atoms. The number of benzene rings is 1. The summed E-state index contributed by atoms with van der Waals surface area (Å²) in [6, 6.07) is 8.15. The summed E-state index contributed by atoms with van der Waals surface area (Å²) in [7, 11) is 0. The average molecular weight is 273 g/mol. The third kappa shape index (κ3) is 2.42. The van der Waals surface area contributed by atoms with Gasteiger partial charge in [0.05, 0.1) is 12.6 Å². The minimum atomic E-state index is -0.557. The van der Waals surface area contributed by atoms with Crippen LogP contribution in [0.3, 0.4) is 0 Å². The van der Waals surface area contributed by atoms with Gasteiger partial charge in [-0.3, -0.25) is 0 Å². The number of ether oxygens (including phenoxy) is 1. The smallest absolute Gasteiger partial charge is 0.379 e. The first-order chi connectivity index (χ1) is 9.78. The molecule has 2 heterocycles. The molecule has 0 aliphatic carbocycles. The molecule has 6 nitrogen and oxygen atoms in total. The van der Waals surface area contributed by atoms with Gasteiger partial charge in [0, 0.05) is 6.54 Å². The van der Waals surface area contributed by atoms with Gasteiger partial charge in [-0.15, -0.1) is 0 Å². The van der Waals surface area contributed by atoms with E-state index in [4.69, 9.17) is 9.26 Å². The van der Waals surface area contributed by atoms with Crippen LogP contribution in [0.2, 0.25) is 0 Å². The Morgan fingerprint density at radius 2 is 2.25 bits per heavy atom. The molecule has 104 valence electrons. The predicted octanol–water partition coefficient (Wildman–Crippen LogP) is 1.63. The molecule has 1 aliphatic rings. The summed E-state index contributed by atoms with van der Waals surface area (Å²) < 4.78 is 10.0. The van der Waals surface area contributed by atoms with E-state index in [-0.39, 0.29) is 18.5 Å². The van der Waals surface area contributed by atoms with Crippen LogP contribution >= 0.6 is 0 Å². The SMILES string of the molecule is CCOC(=O)c1noc([C@H]2Cc3ccccc3CN2)n1. The van der Waals surface area contributed by atoms with Crippen LogP contribution in [0.15, 0.2) is 28.8 Å². The van der Waals surface area contributed by atoms with E-state index in [1.165, 1.54) is 11.1 Å². The van der Waals surface area contributed by atoms with E-state index in [9.17, 15) is 4.79 Å². The van der Waals surface area contributed by atoms with Crippen molar-refractivity contribution in [2.45, 2.75) is 25.9 Å². The van der Waals surface area contributed by atoms with Crippen LogP contribution in [0.4, 0.5) is 0 Å². The molecule has 0 bridgehead atoms. The van der Waals surface area contributed by atoms with E-state index in [0.717, 1.165) is 13.0 Å². The molecule has 1 N–H and O–H groups in total. The van der Waals surface area contributed by atoms with Crippen LogP contribution in [0.1, 0.15) is 40.6 Å². The average Bonchev–Trinajstić information content (AvgIpc) is 2.97. The number of hydrogen-bond donors (Lipinski definition) is 1. The number of hydrogen-bond acceptors (Lipinski definition) is 6. The maximum atomic E-state index is 11.5. The minimum absolute atomic E-state index is 0.0255. The van der Waals surface area contributed by atoms with E-state index in [1.54, 1.807) is 6.92 Å². The first kappa shape index (κ1) is 12.8. The Labute approximate surface area is 116 Å². The Bertz CT molecular complexity index is 624. The number of esters is 1. The molecule has 0 fully saturated rings. The molecule has 0 saturated carbocycles. The Morgan fingerprint density at radius 1 is 1.45 bits per heavy atom. The lowest BCUT2D eigenvalue weighted by Crippen LogP contribution is -2.28. The molecular formula is C14H15N3O3. The number of aromatic nitrogens is 2. The van der Waals surface area contributed by atoms with Crippen molar-refractivity contribution in [1.82, 2.24) is 15.5 Å². The fourth-order valence-electron chi connectivity index (χ4n) is 2.28. The fraction of sp³-hybridized carbons (Fsp3) is 0.357. The summed E-state index contributed by atoms with van der Waals surface area (Å²) >= 11 is 0. The van der Waals surface area contributed by atoms with Crippen molar-refractivity contribution in [2.24, 2.45) is 0 Å². The van der Waals surface area contributed by atoms with E-state index in [0.29, 0.717) is 5.89 Å². The number of nitrogens with zero attached hydrogens (tertiary/aromatic N) is 2. The second kappa shape index (κ2) is 5.42. The molecule has 3 rings (SSSR count). The van der Waals surface area contributed by atoms with Crippen molar-refractivity contribution in [2.75, 3.05) is 6.61 Å². The van der Waals surface area contributed by atoms with E-state index >= 15 is 0 Å². The Kier molecular flexibility index (Phi) is 3.47. The second-order valence-electron chi connectivity index (χ2n) is 4.58. The van der Waals surface area contributed by atoms with Gasteiger partial charge >= 0.3 is 5.97 Å². The van der Waals surface area contributed by atoms with Gasteiger partial charge in [-0.2, -0.15) is 4.98 Å². The number of rotatable bonds is 3. The highest BCUT2D eigenvalue weighted by molar-refractivity contribution is 5.84. The zero-order chi connectivity index (χ0) is 13.9. The largest absolute Gasteiger partial charge is 0.460 e. The van der Waals surface area contributed by atoms with E-state index in [1.807, 2.05) is 12.1 Å². The minimum Gasteiger partial charge on any atom is -0.460 e. The monoisotopic (exact) mass is 273 g/mol. The highest BCUT2D eigenvalue weighted by Gasteiger charge is 2.25. The van der Waals surface area contributed by atoms with Crippen molar-refractivity contribution in [3.63, 3.8) is 0 Å². The molecule has 0 amide bonds. The van der Waals surface area contributed by atoms with Crippen molar-refractivity contribution in [1.29, 1.82) is 0 Å². The maximum Gasteiger partial charge on any atom is 0.379 e. The molecule has 20 heavy (non-hydrogen) atoms. The molecule has 2 aromatic rings. The van der Waals surface area contributed by atoms with Gasteiger partial charge in [-0.05, 0) is 29.6 Å². The number of fused-ring (bicyclic) bond motifs is 1. The van der Waals surface area contributed by atoms with Crippen LogP contribution in [0, 0.1) is 0 Å². The van der Waals surface area contributed by atoms with E-state index < -0.39 is 5.97 Å². The first-order valence-electron chi connectivity index (χ1n) is 6.59. The van der Waals surface area contributed by atoms with Crippen LogP contribution in [-0.2, 0) is 17.7 Å². The van der Waals surface area contributed by atoms with Gasteiger partial charge in [0.25, 0.3) is 5.82 Å². The Morgan fingerprint density at radius 3 is 3.05 bits per heavy atom. The molecule has 6 heteroatoms. The van der Waals surface area contributed by atoms with Crippen LogP contribution in [-0.4, -0.2) is 22.7 Å². The summed E-state index contributed by atoms with van der Waals surface area (Å²) in [6.07, 6.45) is 0.765. The van der Waals surface area contributed by atoms with Crippen molar-refractivity contribution < 1.29 is 14.1 Å². The van der Waals surface area contributed by atoms with Gasteiger partial charge in [0.1, 0.15) is 0 Å². The highest BCUT2D eigenvalue weighted by atomic mass is 16.5. The van der Waals surface area contributed by atoms with Gasteiger partial charge in [0.2, 0.25) is 5.89 Å². The normalized spacial score (nSPS) is 17.6. The lowest BCUT2D eigenvalue weighted by Gasteiger charge is -2.23. The van der Waals surface area contributed by atoms with Crippen molar-refractivity contribution in [3.05, 3.63) is 47.1 Å². The Hall–Kier alpha value is -2.21. The molecule has 0 radical (unpaired) electrons.